The van der Waals surface area contributed by atoms with Gasteiger partial charge in [-0.1, -0.05) is 37.3 Å². The third-order valence-corrected chi connectivity index (χ3v) is 7.00. The maximum absolute atomic E-state index is 12.9. The highest BCUT2D eigenvalue weighted by Crippen LogP contribution is 2.36. The Balaban J connectivity index is 1.39. The van der Waals surface area contributed by atoms with E-state index in [-0.39, 0.29) is 17.8 Å². The largest absolute Gasteiger partial charge is 0.455 e. The van der Waals surface area contributed by atoms with Crippen molar-refractivity contribution in [1.82, 2.24) is 9.71 Å². The summed E-state index contributed by atoms with van der Waals surface area (Å²) in [4.78, 5) is 31.2. The van der Waals surface area contributed by atoms with Gasteiger partial charge < -0.3 is 9.64 Å². The number of carbonyl (C=O) groups excluding carboxylic acids is 2. The summed E-state index contributed by atoms with van der Waals surface area (Å²) < 4.78 is 8.07. The molecule has 7 nitrogen and oxygen atoms in total. The van der Waals surface area contributed by atoms with Gasteiger partial charge in [0.15, 0.2) is 0 Å². The molecule has 0 bridgehead atoms. The van der Waals surface area contributed by atoms with Crippen LogP contribution in [0.4, 0.5) is 5.82 Å². The predicted octanol–water partition coefficient (Wildman–Crippen LogP) is 3.76. The molecule has 1 N–H and O–H groups in total. The third kappa shape index (κ3) is 4.23. The van der Waals surface area contributed by atoms with Crippen molar-refractivity contribution in [3.63, 3.8) is 0 Å². The number of hydrogen-bond donors (Lipinski definition) is 1. The third-order valence-electron chi connectivity index (χ3n) is 6.07. The summed E-state index contributed by atoms with van der Waals surface area (Å²) in [6.07, 6.45) is 1.30. The van der Waals surface area contributed by atoms with Gasteiger partial charge in [-0.3, -0.25) is 9.52 Å². The van der Waals surface area contributed by atoms with E-state index < -0.39 is 11.4 Å². The van der Waals surface area contributed by atoms with Crippen LogP contribution in [0.15, 0.2) is 36.4 Å². The second-order valence-corrected chi connectivity index (χ2v) is 9.34. The van der Waals surface area contributed by atoms with E-state index in [0.717, 1.165) is 0 Å². The van der Waals surface area contributed by atoms with E-state index >= 15 is 0 Å². The van der Waals surface area contributed by atoms with Crippen LogP contribution in [0.5, 0.6) is 0 Å². The highest BCUT2D eigenvalue weighted by molar-refractivity contribution is 7.98. The molecule has 2 aliphatic rings. The fourth-order valence-corrected chi connectivity index (χ4v) is 4.68. The molecule has 1 aromatic heterocycles. The summed E-state index contributed by atoms with van der Waals surface area (Å²) in [5, 5.41) is 9.70. The average Bonchev–Trinajstić information content (AvgIpc) is 3.17. The number of cyclic esters (lactones) is 1. The van der Waals surface area contributed by atoms with Gasteiger partial charge in [-0.05, 0) is 43.3 Å². The number of anilines is 1. The summed E-state index contributed by atoms with van der Waals surface area (Å²) >= 11 is 1.43. The number of rotatable bonds is 5. The number of aromatic nitrogens is 1. The fourth-order valence-electron chi connectivity index (χ4n) is 3.86. The molecule has 4 rings (SSSR count). The first-order valence-corrected chi connectivity index (χ1v) is 11.2. The monoisotopic (exact) mass is 436 g/mol. The van der Waals surface area contributed by atoms with Crippen molar-refractivity contribution in [2.24, 2.45) is 5.41 Å². The number of piperidine rings is 1. The second kappa shape index (κ2) is 8.60. The summed E-state index contributed by atoms with van der Waals surface area (Å²) in [5.41, 5.74) is 1.98. The smallest absolute Gasteiger partial charge is 0.340 e. The van der Waals surface area contributed by atoms with Gasteiger partial charge in [0.1, 0.15) is 18.5 Å². The minimum Gasteiger partial charge on any atom is -0.455 e. The standard InChI is InChI=1S/C23H24N4O3S/c1-15(16-6-4-3-5-7-16)31-26-22(29)23(2)8-10-27(11-9-23)20-17(13-24)12-18-19(25-20)14-30-21(18)28/h3-7,12,15H,8-11,14H2,1-2H3,(H,26,29). The molecule has 2 aromatic rings. The van der Waals surface area contributed by atoms with Crippen molar-refractivity contribution in [1.29, 1.82) is 5.26 Å². The molecule has 0 spiro atoms. The molecule has 0 aliphatic carbocycles. The first-order chi connectivity index (χ1) is 14.9. The van der Waals surface area contributed by atoms with E-state index in [2.05, 4.69) is 34.8 Å². The quantitative estimate of drug-likeness (QED) is 0.563. The Morgan fingerprint density at radius 2 is 2.03 bits per heavy atom. The summed E-state index contributed by atoms with van der Waals surface area (Å²) in [7, 11) is 0. The first kappa shape index (κ1) is 21.2. The molecule has 0 radical (unpaired) electrons. The number of esters is 1. The van der Waals surface area contributed by atoms with E-state index in [0.29, 0.717) is 48.6 Å². The Kier molecular flexibility index (Phi) is 5.88. The molecule has 2 aliphatic heterocycles. The molecular weight excluding hydrogens is 412 g/mol. The highest BCUT2D eigenvalue weighted by atomic mass is 32.2. The van der Waals surface area contributed by atoms with E-state index in [1.54, 1.807) is 6.07 Å². The maximum Gasteiger partial charge on any atom is 0.340 e. The van der Waals surface area contributed by atoms with Crippen LogP contribution >= 0.6 is 11.9 Å². The van der Waals surface area contributed by atoms with Gasteiger partial charge in [0.2, 0.25) is 5.91 Å². The average molecular weight is 437 g/mol. The molecule has 1 amide bonds. The molecule has 1 unspecified atom stereocenters. The van der Waals surface area contributed by atoms with Crippen LogP contribution in [0.1, 0.15) is 59.1 Å². The Labute approximate surface area is 185 Å². The van der Waals surface area contributed by atoms with Crippen molar-refractivity contribution in [3.05, 3.63) is 58.8 Å². The van der Waals surface area contributed by atoms with Crippen LogP contribution in [0.3, 0.4) is 0 Å². The van der Waals surface area contributed by atoms with Crippen LogP contribution in [-0.4, -0.2) is 29.9 Å². The Morgan fingerprint density at radius 1 is 1.32 bits per heavy atom. The zero-order chi connectivity index (χ0) is 22.0. The van der Waals surface area contributed by atoms with Crippen LogP contribution in [0.25, 0.3) is 0 Å². The normalized spacial score (nSPS) is 18.0. The lowest BCUT2D eigenvalue weighted by atomic mass is 9.79. The number of nitrogens with one attached hydrogen (secondary N) is 1. The molecule has 1 fully saturated rings. The van der Waals surface area contributed by atoms with Gasteiger partial charge in [-0.15, -0.1) is 0 Å². The maximum atomic E-state index is 12.9. The minimum absolute atomic E-state index is 0.0290. The van der Waals surface area contributed by atoms with Crippen LogP contribution in [0, 0.1) is 16.7 Å². The van der Waals surface area contributed by atoms with Gasteiger partial charge in [0, 0.05) is 18.3 Å². The summed E-state index contributed by atoms with van der Waals surface area (Å²) in [6, 6.07) is 13.8. The lowest BCUT2D eigenvalue weighted by Gasteiger charge is -2.39. The van der Waals surface area contributed by atoms with Gasteiger partial charge in [0.05, 0.1) is 22.2 Å². The van der Waals surface area contributed by atoms with Crippen molar-refractivity contribution < 1.29 is 14.3 Å². The zero-order valence-electron chi connectivity index (χ0n) is 17.6. The number of pyridine rings is 1. The second-order valence-electron chi connectivity index (χ2n) is 8.19. The SMILES string of the molecule is CC(SNC(=O)C1(C)CCN(c2nc3c(cc2C#N)C(=O)OC3)CC1)c1ccccc1. The topological polar surface area (TPSA) is 95.3 Å². The van der Waals surface area contributed by atoms with Crippen LogP contribution in [0.2, 0.25) is 0 Å². The van der Waals surface area contributed by atoms with E-state index in [1.807, 2.05) is 30.0 Å². The zero-order valence-corrected chi connectivity index (χ0v) is 18.4. The van der Waals surface area contributed by atoms with Gasteiger partial charge in [-0.2, -0.15) is 5.26 Å². The van der Waals surface area contributed by atoms with Gasteiger partial charge in [-0.25, -0.2) is 9.78 Å². The first-order valence-electron chi connectivity index (χ1n) is 10.3. The number of benzene rings is 1. The van der Waals surface area contributed by atoms with Gasteiger partial charge >= 0.3 is 5.97 Å². The lowest BCUT2D eigenvalue weighted by molar-refractivity contribution is -0.129. The van der Waals surface area contributed by atoms with Crippen molar-refractivity contribution >= 4 is 29.6 Å². The summed E-state index contributed by atoms with van der Waals surface area (Å²) in [5.74, 6) is 0.158. The fraction of sp³-hybridized carbons (Fsp3) is 0.391. The number of hydrogen-bond acceptors (Lipinski definition) is 7. The minimum atomic E-state index is -0.484. The Hall–Kier alpha value is -3.05. The van der Waals surface area contributed by atoms with E-state index in [9.17, 15) is 14.9 Å². The molecule has 3 heterocycles. The van der Waals surface area contributed by atoms with Crippen LogP contribution in [-0.2, 0) is 16.1 Å². The van der Waals surface area contributed by atoms with E-state index in [4.69, 9.17) is 4.74 Å². The number of fused-ring (bicyclic) bond motifs is 1. The lowest BCUT2D eigenvalue weighted by Crippen LogP contribution is -2.46. The molecule has 160 valence electrons. The Bertz CT molecular complexity index is 1040. The number of ether oxygens (including phenoxy) is 1. The molecule has 31 heavy (non-hydrogen) atoms. The molecule has 1 aromatic carbocycles. The summed E-state index contributed by atoms with van der Waals surface area (Å²) in [6.45, 7) is 5.41. The molecule has 1 atom stereocenters. The number of nitriles is 1. The molecular formula is C23H24N4O3S. The van der Waals surface area contributed by atoms with Crippen molar-refractivity contribution in [2.75, 3.05) is 18.0 Å². The van der Waals surface area contributed by atoms with Gasteiger partial charge in [0.25, 0.3) is 0 Å². The number of carbonyl (C=O) groups is 2. The van der Waals surface area contributed by atoms with Crippen molar-refractivity contribution in [3.8, 4) is 6.07 Å². The Morgan fingerprint density at radius 3 is 2.71 bits per heavy atom. The number of amides is 1. The molecule has 8 heteroatoms. The van der Waals surface area contributed by atoms with E-state index in [1.165, 1.54) is 17.5 Å². The van der Waals surface area contributed by atoms with Crippen molar-refractivity contribution in [2.45, 2.75) is 38.5 Å². The highest BCUT2D eigenvalue weighted by Gasteiger charge is 2.38. The number of nitrogens with zero attached hydrogens (tertiary/aromatic N) is 3. The predicted molar refractivity (Wildman–Crippen MR) is 118 cm³/mol. The van der Waals surface area contributed by atoms with Crippen LogP contribution < -0.4 is 9.62 Å². The molecule has 0 saturated carbocycles. The molecule has 1 saturated heterocycles.